The van der Waals surface area contributed by atoms with Crippen LogP contribution in [0.2, 0.25) is 0 Å². The fourth-order valence-electron chi connectivity index (χ4n) is 3.92. The van der Waals surface area contributed by atoms with Gasteiger partial charge < -0.3 is 0 Å². The first-order chi connectivity index (χ1) is 8.06. The van der Waals surface area contributed by atoms with Gasteiger partial charge in [-0.15, -0.1) is 0 Å². The summed E-state index contributed by atoms with van der Waals surface area (Å²) in [6, 6.07) is 0. The van der Waals surface area contributed by atoms with Crippen LogP contribution in [-0.2, 0) is 0 Å². The zero-order valence-electron chi connectivity index (χ0n) is 12.8. The molecule has 0 N–H and O–H groups in total. The fourth-order valence-corrected chi connectivity index (χ4v) is 3.92. The maximum atomic E-state index is 2.52. The van der Waals surface area contributed by atoms with E-state index in [2.05, 4.69) is 34.6 Å². The molecule has 0 saturated heterocycles. The summed E-state index contributed by atoms with van der Waals surface area (Å²) in [5.74, 6) is 4.90. The zero-order valence-corrected chi connectivity index (χ0v) is 12.8. The van der Waals surface area contributed by atoms with E-state index in [0.717, 1.165) is 29.6 Å². The summed E-state index contributed by atoms with van der Waals surface area (Å²) in [5.41, 5.74) is 0. The molecule has 0 heterocycles. The van der Waals surface area contributed by atoms with Gasteiger partial charge in [-0.2, -0.15) is 0 Å². The van der Waals surface area contributed by atoms with Crippen molar-refractivity contribution in [3.8, 4) is 0 Å². The fraction of sp³-hybridized carbons (Fsp3) is 1.00. The van der Waals surface area contributed by atoms with Crippen molar-refractivity contribution in [3.05, 3.63) is 0 Å². The van der Waals surface area contributed by atoms with Gasteiger partial charge in [0.15, 0.2) is 0 Å². The number of hydrogen-bond acceptors (Lipinski definition) is 0. The van der Waals surface area contributed by atoms with Crippen molar-refractivity contribution in [2.75, 3.05) is 0 Å². The molecule has 1 saturated carbocycles. The van der Waals surface area contributed by atoms with E-state index < -0.39 is 0 Å². The second-order valence-corrected chi connectivity index (χ2v) is 6.95. The van der Waals surface area contributed by atoms with Crippen LogP contribution in [0.5, 0.6) is 0 Å². The second kappa shape index (κ2) is 7.44. The molecule has 2 unspecified atom stereocenters. The summed E-state index contributed by atoms with van der Waals surface area (Å²) in [6.45, 7) is 12.1. The third-order valence-electron chi connectivity index (χ3n) is 5.12. The summed E-state index contributed by atoms with van der Waals surface area (Å²) in [6.07, 6.45) is 10.2. The van der Waals surface area contributed by atoms with E-state index in [9.17, 15) is 0 Å². The third-order valence-corrected chi connectivity index (χ3v) is 5.12. The minimum absolute atomic E-state index is 0.885. The van der Waals surface area contributed by atoms with Crippen LogP contribution in [0.25, 0.3) is 0 Å². The van der Waals surface area contributed by atoms with E-state index in [4.69, 9.17) is 0 Å². The molecule has 0 bridgehead atoms. The first-order valence-corrected chi connectivity index (χ1v) is 8.06. The maximum absolute atomic E-state index is 2.52. The Bertz CT molecular complexity index is 194. The Morgan fingerprint density at radius 3 is 2.35 bits per heavy atom. The smallest absolute Gasteiger partial charge is 0.0360 e. The SMILES string of the molecule is CCCC1CCC([C@H](C)CCCC(C)C)[C@@H]1C. The predicted octanol–water partition coefficient (Wildman–Crippen LogP) is 5.91. The molecule has 0 aromatic heterocycles. The molecule has 0 nitrogen and oxygen atoms in total. The quantitative estimate of drug-likeness (QED) is 0.517. The molecule has 102 valence electrons. The molecule has 1 fully saturated rings. The maximum Gasteiger partial charge on any atom is -0.0360 e. The Morgan fingerprint density at radius 2 is 1.76 bits per heavy atom. The monoisotopic (exact) mass is 238 g/mol. The lowest BCUT2D eigenvalue weighted by atomic mass is 9.79. The van der Waals surface area contributed by atoms with Gasteiger partial charge in [0, 0.05) is 0 Å². The molecule has 17 heavy (non-hydrogen) atoms. The van der Waals surface area contributed by atoms with Crippen molar-refractivity contribution in [2.24, 2.45) is 29.6 Å². The standard InChI is InChI=1S/C17H34/c1-6-8-16-11-12-17(15(16)5)14(4)10-7-9-13(2)3/h13-17H,6-12H2,1-5H3/t14-,15-,16?,17?/m1/s1. The van der Waals surface area contributed by atoms with Crippen LogP contribution in [0.1, 0.15) is 79.6 Å². The summed E-state index contributed by atoms with van der Waals surface area (Å²) >= 11 is 0. The molecule has 0 aromatic carbocycles. The molecule has 4 atom stereocenters. The Balaban J connectivity index is 2.30. The third kappa shape index (κ3) is 4.64. The van der Waals surface area contributed by atoms with E-state index in [0.29, 0.717) is 0 Å². The second-order valence-electron chi connectivity index (χ2n) is 6.95. The molecular weight excluding hydrogens is 204 g/mol. The topological polar surface area (TPSA) is 0 Å². The first-order valence-electron chi connectivity index (χ1n) is 8.06. The highest BCUT2D eigenvalue weighted by atomic mass is 14.4. The highest BCUT2D eigenvalue weighted by Gasteiger charge is 2.34. The molecular formula is C17H34. The van der Waals surface area contributed by atoms with Crippen LogP contribution in [-0.4, -0.2) is 0 Å². The van der Waals surface area contributed by atoms with Crippen molar-refractivity contribution in [1.82, 2.24) is 0 Å². The highest BCUT2D eigenvalue weighted by Crippen LogP contribution is 2.44. The molecule has 1 aliphatic rings. The molecule has 0 heteroatoms. The first kappa shape index (κ1) is 15.1. The van der Waals surface area contributed by atoms with Crippen LogP contribution < -0.4 is 0 Å². The van der Waals surface area contributed by atoms with Gasteiger partial charge in [0.2, 0.25) is 0 Å². The van der Waals surface area contributed by atoms with Crippen molar-refractivity contribution in [3.63, 3.8) is 0 Å². The molecule has 1 rings (SSSR count). The van der Waals surface area contributed by atoms with Gasteiger partial charge in [-0.1, -0.05) is 66.7 Å². The molecule has 0 spiro atoms. The van der Waals surface area contributed by atoms with Crippen LogP contribution in [0.4, 0.5) is 0 Å². The van der Waals surface area contributed by atoms with Gasteiger partial charge in [-0.3, -0.25) is 0 Å². The van der Waals surface area contributed by atoms with Crippen molar-refractivity contribution in [2.45, 2.75) is 79.6 Å². The minimum Gasteiger partial charge on any atom is -0.0654 e. The molecule has 0 radical (unpaired) electrons. The summed E-state index contributed by atoms with van der Waals surface area (Å²) in [7, 11) is 0. The van der Waals surface area contributed by atoms with Crippen LogP contribution in [0.3, 0.4) is 0 Å². The van der Waals surface area contributed by atoms with Crippen LogP contribution >= 0.6 is 0 Å². The van der Waals surface area contributed by atoms with Gasteiger partial charge in [0.05, 0.1) is 0 Å². The lowest BCUT2D eigenvalue weighted by Gasteiger charge is -2.26. The Labute approximate surface area is 110 Å². The Morgan fingerprint density at radius 1 is 1.06 bits per heavy atom. The minimum atomic E-state index is 0.885. The van der Waals surface area contributed by atoms with Gasteiger partial charge in [0.1, 0.15) is 0 Å². The van der Waals surface area contributed by atoms with E-state index in [-0.39, 0.29) is 0 Å². The van der Waals surface area contributed by atoms with Crippen LogP contribution in [0, 0.1) is 29.6 Å². The average Bonchev–Trinajstić information content (AvgIpc) is 2.60. The van der Waals surface area contributed by atoms with Crippen molar-refractivity contribution in [1.29, 1.82) is 0 Å². The summed E-state index contributed by atoms with van der Waals surface area (Å²) in [4.78, 5) is 0. The molecule has 1 aliphatic carbocycles. The van der Waals surface area contributed by atoms with Crippen LogP contribution in [0.15, 0.2) is 0 Å². The molecule has 0 amide bonds. The van der Waals surface area contributed by atoms with Crippen molar-refractivity contribution >= 4 is 0 Å². The summed E-state index contributed by atoms with van der Waals surface area (Å²) in [5, 5.41) is 0. The lowest BCUT2D eigenvalue weighted by molar-refractivity contribution is 0.235. The van der Waals surface area contributed by atoms with E-state index in [1.807, 2.05) is 0 Å². The van der Waals surface area contributed by atoms with E-state index in [1.54, 1.807) is 0 Å². The lowest BCUT2D eigenvalue weighted by Crippen LogP contribution is -2.18. The average molecular weight is 238 g/mol. The number of rotatable bonds is 7. The van der Waals surface area contributed by atoms with Gasteiger partial charge in [-0.05, 0) is 42.4 Å². The van der Waals surface area contributed by atoms with Gasteiger partial charge >= 0.3 is 0 Å². The molecule has 0 aliphatic heterocycles. The zero-order chi connectivity index (χ0) is 12.8. The largest absolute Gasteiger partial charge is 0.0654 e. The Kier molecular flexibility index (Phi) is 6.59. The Hall–Kier alpha value is 0. The van der Waals surface area contributed by atoms with Gasteiger partial charge in [-0.25, -0.2) is 0 Å². The summed E-state index contributed by atoms with van der Waals surface area (Å²) < 4.78 is 0. The van der Waals surface area contributed by atoms with E-state index >= 15 is 0 Å². The van der Waals surface area contributed by atoms with E-state index in [1.165, 1.54) is 44.9 Å². The van der Waals surface area contributed by atoms with Gasteiger partial charge in [0.25, 0.3) is 0 Å². The molecule has 0 aromatic rings. The van der Waals surface area contributed by atoms with Crippen molar-refractivity contribution < 1.29 is 0 Å². The normalized spacial score (nSPS) is 31.1. The predicted molar refractivity (Wildman–Crippen MR) is 78.1 cm³/mol. The highest BCUT2D eigenvalue weighted by molar-refractivity contribution is 4.84. The number of hydrogen-bond donors (Lipinski definition) is 0.